The molecule has 0 aliphatic rings. The van der Waals surface area contributed by atoms with Gasteiger partial charge in [0.05, 0.1) is 23.3 Å². The number of H-pyrrole nitrogens is 2. The van der Waals surface area contributed by atoms with Crippen molar-refractivity contribution in [1.82, 2.24) is 30.5 Å². The molecule has 114 valence electrons. The maximum Gasteiger partial charge on any atom is 0.207 e. The molecule has 0 bridgehead atoms. The summed E-state index contributed by atoms with van der Waals surface area (Å²) in [6.07, 6.45) is 2.40. The average molecular weight is 307 g/mol. The van der Waals surface area contributed by atoms with Crippen LogP contribution in [0.2, 0.25) is 0 Å². The van der Waals surface area contributed by atoms with Crippen LogP contribution in [0.1, 0.15) is 5.82 Å². The van der Waals surface area contributed by atoms with Gasteiger partial charge in [0, 0.05) is 17.1 Å². The largest absolute Gasteiger partial charge is 0.382 e. The number of fused-ring (bicyclic) bond motifs is 3. The van der Waals surface area contributed by atoms with Crippen LogP contribution in [0.15, 0.2) is 30.5 Å². The Bertz CT molecular complexity index is 1000. The number of pyridine rings is 1. The Balaban J connectivity index is 1.91. The van der Waals surface area contributed by atoms with E-state index in [-0.39, 0.29) is 0 Å². The lowest BCUT2D eigenvalue weighted by molar-refractivity contribution is -0.109. The minimum Gasteiger partial charge on any atom is -0.382 e. The van der Waals surface area contributed by atoms with Gasteiger partial charge in [0.1, 0.15) is 11.3 Å². The third-order valence-corrected chi connectivity index (χ3v) is 3.65. The van der Waals surface area contributed by atoms with E-state index in [1.54, 1.807) is 6.20 Å². The Labute approximate surface area is 130 Å². The topological polar surface area (TPSA) is 125 Å². The van der Waals surface area contributed by atoms with Crippen molar-refractivity contribution in [1.29, 1.82) is 0 Å². The summed E-state index contributed by atoms with van der Waals surface area (Å²) in [5.41, 5.74) is 9.99. The van der Waals surface area contributed by atoms with E-state index in [1.807, 2.05) is 24.3 Å². The third-order valence-electron chi connectivity index (χ3n) is 3.65. The molecule has 8 nitrogen and oxygen atoms in total. The molecule has 0 fully saturated rings. The fourth-order valence-corrected chi connectivity index (χ4v) is 2.62. The van der Waals surface area contributed by atoms with Crippen LogP contribution in [0.4, 0.5) is 5.82 Å². The Kier molecular flexibility index (Phi) is 2.94. The first-order valence-electron chi connectivity index (χ1n) is 7.01. The quantitative estimate of drug-likeness (QED) is 0.423. The number of benzene rings is 1. The number of carbonyl (C=O) groups is 1. The predicted octanol–water partition coefficient (Wildman–Crippen LogP) is 1.33. The second-order valence-corrected chi connectivity index (χ2v) is 5.09. The van der Waals surface area contributed by atoms with E-state index in [0.717, 1.165) is 27.7 Å². The molecule has 4 aromatic rings. The first kappa shape index (κ1) is 13.3. The average Bonchev–Trinajstić information content (AvgIpc) is 3.22. The first-order chi connectivity index (χ1) is 11.3. The number of imidazole rings is 1. The number of anilines is 1. The highest BCUT2D eigenvalue weighted by Crippen LogP contribution is 2.29. The van der Waals surface area contributed by atoms with E-state index < -0.39 is 0 Å². The number of amides is 1. The lowest BCUT2D eigenvalue weighted by atomic mass is 10.1. The molecular formula is C15H13N7O. The van der Waals surface area contributed by atoms with Crippen molar-refractivity contribution in [2.24, 2.45) is 0 Å². The van der Waals surface area contributed by atoms with Gasteiger partial charge in [-0.25, -0.2) is 9.97 Å². The summed E-state index contributed by atoms with van der Waals surface area (Å²) in [5.74, 6) is 0.977. The smallest absolute Gasteiger partial charge is 0.207 e. The van der Waals surface area contributed by atoms with Gasteiger partial charge in [0.25, 0.3) is 0 Å². The summed E-state index contributed by atoms with van der Waals surface area (Å²) in [6, 6.07) is 7.76. The maximum absolute atomic E-state index is 10.4. The number of nitrogens with one attached hydrogen (secondary N) is 3. The van der Waals surface area contributed by atoms with Crippen LogP contribution in [0.3, 0.4) is 0 Å². The number of nitrogen functional groups attached to an aromatic ring is 1. The molecule has 0 radical (unpaired) electrons. The second-order valence-electron chi connectivity index (χ2n) is 5.09. The van der Waals surface area contributed by atoms with Gasteiger partial charge in [-0.1, -0.05) is 6.07 Å². The summed E-state index contributed by atoms with van der Waals surface area (Å²) >= 11 is 0. The monoisotopic (exact) mass is 307 g/mol. The third kappa shape index (κ3) is 2.16. The zero-order valence-corrected chi connectivity index (χ0v) is 12.0. The molecule has 0 aliphatic carbocycles. The molecule has 0 spiro atoms. The highest BCUT2D eigenvalue weighted by atomic mass is 16.1. The van der Waals surface area contributed by atoms with E-state index >= 15 is 0 Å². The van der Waals surface area contributed by atoms with Gasteiger partial charge in [-0.2, -0.15) is 5.10 Å². The summed E-state index contributed by atoms with van der Waals surface area (Å²) in [5, 5.41) is 10.5. The fourth-order valence-electron chi connectivity index (χ4n) is 2.62. The molecule has 4 rings (SSSR count). The molecule has 23 heavy (non-hydrogen) atoms. The van der Waals surface area contributed by atoms with Gasteiger partial charge in [0.2, 0.25) is 6.41 Å². The van der Waals surface area contributed by atoms with Crippen LogP contribution in [-0.4, -0.2) is 31.6 Å². The number of hydrogen-bond acceptors (Lipinski definition) is 5. The molecular weight excluding hydrogens is 294 g/mol. The van der Waals surface area contributed by atoms with Crippen molar-refractivity contribution in [3.8, 4) is 11.3 Å². The van der Waals surface area contributed by atoms with Gasteiger partial charge in [-0.15, -0.1) is 0 Å². The highest BCUT2D eigenvalue weighted by molar-refractivity contribution is 6.07. The van der Waals surface area contributed by atoms with Gasteiger partial charge >= 0.3 is 0 Å². The van der Waals surface area contributed by atoms with Gasteiger partial charge in [0.15, 0.2) is 5.82 Å². The lowest BCUT2D eigenvalue weighted by Crippen LogP contribution is -2.10. The molecule has 1 aromatic carbocycles. The number of rotatable bonds is 4. The summed E-state index contributed by atoms with van der Waals surface area (Å²) < 4.78 is 0. The van der Waals surface area contributed by atoms with E-state index in [1.165, 1.54) is 0 Å². The van der Waals surface area contributed by atoms with E-state index in [4.69, 9.17) is 5.73 Å². The van der Waals surface area contributed by atoms with Crippen LogP contribution in [0.5, 0.6) is 0 Å². The number of nitrogens with zero attached hydrogens (tertiary/aromatic N) is 3. The van der Waals surface area contributed by atoms with Gasteiger partial charge in [-0.3, -0.25) is 9.89 Å². The summed E-state index contributed by atoms with van der Waals surface area (Å²) in [4.78, 5) is 22.4. The van der Waals surface area contributed by atoms with E-state index in [2.05, 4.69) is 30.5 Å². The molecule has 0 aliphatic heterocycles. The Morgan fingerprint density at radius 2 is 2.17 bits per heavy atom. The van der Waals surface area contributed by atoms with Crippen LogP contribution in [-0.2, 0) is 11.3 Å². The van der Waals surface area contributed by atoms with Gasteiger partial charge in [-0.05, 0) is 18.2 Å². The molecule has 1 amide bonds. The van der Waals surface area contributed by atoms with E-state index in [0.29, 0.717) is 30.1 Å². The zero-order chi connectivity index (χ0) is 15.8. The predicted molar refractivity (Wildman–Crippen MR) is 86.3 cm³/mol. The summed E-state index contributed by atoms with van der Waals surface area (Å²) in [6.45, 7) is 0.310. The molecule has 3 heterocycles. The van der Waals surface area contributed by atoms with Crippen LogP contribution in [0.25, 0.3) is 33.2 Å². The molecule has 0 unspecified atom stereocenters. The number of carbonyl (C=O) groups excluding carboxylic acids is 1. The van der Waals surface area contributed by atoms with E-state index in [9.17, 15) is 4.79 Å². The fraction of sp³-hybridized carbons (Fsp3) is 0.0667. The first-order valence-corrected chi connectivity index (χ1v) is 7.01. The molecule has 0 saturated carbocycles. The minimum atomic E-state index is 0.310. The Hall–Kier alpha value is -3.42. The zero-order valence-electron chi connectivity index (χ0n) is 12.0. The number of aromatic nitrogens is 5. The molecule has 5 N–H and O–H groups in total. The Morgan fingerprint density at radius 3 is 2.96 bits per heavy atom. The standard InChI is InChI=1S/C15H13N7O/c16-15-14-13(20-12(21-14)6-17-7-23)9-2-1-8(5-11(9)19-15)10-3-4-18-22-10/h1-5,7H,6H2,(H2,16,19)(H,17,23)(H,18,22)(H,20,21). The highest BCUT2D eigenvalue weighted by Gasteiger charge is 2.12. The van der Waals surface area contributed by atoms with Crippen LogP contribution in [0, 0.1) is 0 Å². The number of nitrogens with two attached hydrogens (primary N) is 1. The van der Waals surface area contributed by atoms with Crippen molar-refractivity contribution < 1.29 is 4.79 Å². The summed E-state index contributed by atoms with van der Waals surface area (Å²) in [7, 11) is 0. The normalized spacial score (nSPS) is 11.1. The van der Waals surface area contributed by atoms with Crippen molar-refractivity contribution >= 4 is 34.2 Å². The van der Waals surface area contributed by atoms with Crippen LogP contribution >= 0.6 is 0 Å². The number of aromatic amines is 2. The second kappa shape index (κ2) is 5.09. The maximum atomic E-state index is 10.4. The SMILES string of the molecule is Nc1nc2cc(-c3cc[nH]n3)ccc2c2[nH]c(CNC=O)nc12. The molecule has 3 aromatic heterocycles. The van der Waals surface area contributed by atoms with Crippen molar-refractivity contribution in [3.63, 3.8) is 0 Å². The molecule has 0 saturated heterocycles. The van der Waals surface area contributed by atoms with Crippen molar-refractivity contribution in [2.75, 3.05) is 5.73 Å². The molecule has 0 atom stereocenters. The van der Waals surface area contributed by atoms with Crippen molar-refractivity contribution in [3.05, 3.63) is 36.3 Å². The number of hydrogen-bond donors (Lipinski definition) is 4. The Morgan fingerprint density at radius 1 is 1.26 bits per heavy atom. The molecule has 8 heteroatoms. The van der Waals surface area contributed by atoms with Gasteiger partial charge < -0.3 is 16.0 Å². The minimum absolute atomic E-state index is 0.310. The lowest BCUT2D eigenvalue weighted by Gasteiger charge is -2.03. The van der Waals surface area contributed by atoms with Crippen molar-refractivity contribution in [2.45, 2.75) is 6.54 Å². The van der Waals surface area contributed by atoms with Crippen LogP contribution < -0.4 is 11.1 Å².